The minimum absolute atomic E-state index is 0.125. The van der Waals surface area contributed by atoms with E-state index in [0.717, 1.165) is 22.4 Å². The van der Waals surface area contributed by atoms with E-state index in [1.165, 1.54) is 17.8 Å². The topological polar surface area (TPSA) is 92.1 Å². The summed E-state index contributed by atoms with van der Waals surface area (Å²) in [6, 6.07) is 18.6. The van der Waals surface area contributed by atoms with Crippen molar-refractivity contribution in [3.8, 4) is 5.75 Å². The number of nitrogens with one attached hydrogen (secondary N) is 2. The number of halogens is 1. The van der Waals surface area contributed by atoms with Gasteiger partial charge in [0, 0.05) is 17.1 Å². The van der Waals surface area contributed by atoms with Gasteiger partial charge in [-0.15, -0.1) is 5.10 Å². The van der Waals surface area contributed by atoms with Crippen molar-refractivity contribution in [3.63, 3.8) is 0 Å². The molecule has 9 heteroatoms. The molecule has 3 aromatic carbocycles. The highest BCUT2D eigenvalue weighted by atomic mass is 32.2. The van der Waals surface area contributed by atoms with E-state index in [-0.39, 0.29) is 17.5 Å². The number of thioether (sulfide) groups is 1. The molecule has 0 bridgehead atoms. The van der Waals surface area contributed by atoms with Crippen molar-refractivity contribution < 1.29 is 14.3 Å². The van der Waals surface area contributed by atoms with Crippen LogP contribution in [0.3, 0.4) is 0 Å². The summed E-state index contributed by atoms with van der Waals surface area (Å²) in [6.07, 6.45) is 0. The van der Waals surface area contributed by atoms with E-state index in [0.29, 0.717) is 33.7 Å². The number of fused-ring (bicyclic) bond motifs is 1. The molecule has 1 atom stereocenters. The third-order valence-electron chi connectivity index (χ3n) is 6.23. The molecule has 37 heavy (non-hydrogen) atoms. The molecule has 1 aromatic heterocycles. The summed E-state index contributed by atoms with van der Waals surface area (Å²) in [5.41, 5.74) is 5.25. The van der Waals surface area contributed by atoms with Gasteiger partial charge in [-0.25, -0.2) is 9.07 Å². The van der Waals surface area contributed by atoms with Crippen LogP contribution in [0.2, 0.25) is 0 Å². The third kappa shape index (κ3) is 5.08. The average Bonchev–Trinajstić information content (AvgIpc) is 3.27. The van der Waals surface area contributed by atoms with Gasteiger partial charge in [0.25, 0.3) is 5.91 Å². The Balaban J connectivity index is 1.50. The van der Waals surface area contributed by atoms with Gasteiger partial charge >= 0.3 is 0 Å². The number of aryl methyl sites for hydroxylation is 2. The lowest BCUT2D eigenvalue weighted by Gasteiger charge is -2.28. The summed E-state index contributed by atoms with van der Waals surface area (Å²) >= 11 is 1.32. The zero-order chi connectivity index (χ0) is 26.1. The number of anilines is 2. The van der Waals surface area contributed by atoms with Crippen LogP contribution in [0.5, 0.6) is 5.75 Å². The van der Waals surface area contributed by atoms with Gasteiger partial charge < -0.3 is 15.7 Å². The fraction of sp³-hybridized carbons (Fsp3) is 0.179. The lowest BCUT2D eigenvalue weighted by Crippen LogP contribution is -2.31. The number of nitrogens with zero attached hydrogens (tertiary/aromatic N) is 3. The molecule has 0 aliphatic carbocycles. The largest absolute Gasteiger partial charge is 0.508 e. The number of amides is 1. The Morgan fingerprint density at radius 1 is 1.11 bits per heavy atom. The number of rotatable bonds is 6. The van der Waals surface area contributed by atoms with E-state index in [4.69, 9.17) is 0 Å². The van der Waals surface area contributed by atoms with Crippen molar-refractivity contribution in [3.05, 3.63) is 106 Å². The molecule has 5 rings (SSSR count). The van der Waals surface area contributed by atoms with Gasteiger partial charge in [0.2, 0.25) is 11.1 Å². The smallest absolute Gasteiger partial charge is 0.255 e. The SMILES string of the molecule is CC1=C(C(=O)Nc2ccc(C)cc2C)C(c2ccc(O)cc2)n2nc(SCc3ccccc3F)nc2N1. The standard InChI is InChI=1S/C28H26FN5O2S/c1-16-8-13-23(17(2)14-16)31-26(36)24-18(3)30-27-32-28(37-15-20-6-4-5-7-22(20)29)33-34(27)25(24)19-9-11-21(35)12-10-19/h4-14,25,35H,15H2,1-3H3,(H,31,36)(H,30,32,33). The molecule has 0 saturated carbocycles. The van der Waals surface area contributed by atoms with Crippen LogP contribution in [0.4, 0.5) is 16.0 Å². The number of benzene rings is 3. The molecule has 3 N–H and O–H groups in total. The van der Waals surface area contributed by atoms with Crippen LogP contribution < -0.4 is 10.6 Å². The molecular weight excluding hydrogens is 489 g/mol. The highest BCUT2D eigenvalue weighted by molar-refractivity contribution is 7.98. The number of phenolic OH excluding ortho intramolecular Hbond substituents is 1. The van der Waals surface area contributed by atoms with Crippen LogP contribution in [0.1, 0.15) is 35.2 Å². The highest BCUT2D eigenvalue weighted by Crippen LogP contribution is 2.37. The predicted molar refractivity (Wildman–Crippen MR) is 143 cm³/mol. The zero-order valence-electron chi connectivity index (χ0n) is 20.6. The van der Waals surface area contributed by atoms with E-state index < -0.39 is 6.04 Å². The first kappa shape index (κ1) is 24.6. The van der Waals surface area contributed by atoms with E-state index in [1.54, 1.807) is 47.1 Å². The first-order chi connectivity index (χ1) is 17.8. The molecule has 0 radical (unpaired) electrons. The number of phenols is 1. The van der Waals surface area contributed by atoms with Crippen LogP contribution >= 0.6 is 11.8 Å². The van der Waals surface area contributed by atoms with Crippen LogP contribution in [-0.4, -0.2) is 25.8 Å². The second-order valence-corrected chi connectivity index (χ2v) is 9.92. The summed E-state index contributed by atoms with van der Waals surface area (Å²) in [4.78, 5) is 18.3. The minimum Gasteiger partial charge on any atom is -0.508 e. The molecule has 2 heterocycles. The summed E-state index contributed by atoms with van der Waals surface area (Å²) < 4.78 is 15.8. The Labute approximate surface area is 218 Å². The van der Waals surface area contributed by atoms with E-state index in [9.17, 15) is 14.3 Å². The number of hydrogen-bond donors (Lipinski definition) is 3. The third-order valence-corrected chi connectivity index (χ3v) is 7.12. The lowest BCUT2D eigenvalue weighted by atomic mass is 9.95. The van der Waals surface area contributed by atoms with E-state index >= 15 is 0 Å². The van der Waals surface area contributed by atoms with Gasteiger partial charge in [-0.05, 0) is 61.7 Å². The van der Waals surface area contributed by atoms with Crippen molar-refractivity contribution in [2.75, 3.05) is 10.6 Å². The van der Waals surface area contributed by atoms with Crippen LogP contribution in [0.25, 0.3) is 0 Å². The highest BCUT2D eigenvalue weighted by Gasteiger charge is 2.34. The molecule has 188 valence electrons. The summed E-state index contributed by atoms with van der Waals surface area (Å²) in [5, 5.41) is 21.3. The predicted octanol–water partition coefficient (Wildman–Crippen LogP) is 5.96. The van der Waals surface area contributed by atoms with E-state index in [2.05, 4.69) is 20.7 Å². The number of allylic oxidation sites excluding steroid dienone is 1. The quantitative estimate of drug-likeness (QED) is 0.275. The second-order valence-electron chi connectivity index (χ2n) is 8.97. The molecule has 1 amide bonds. The zero-order valence-corrected chi connectivity index (χ0v) is 21.4. The van der Waals surface area contributed by atoms with Gasteiger partial charge in [-0.3, -0.25) is 4.79 Å². The van der Waals surface area contributed by atoms with Gasteiger partial charge in [-0.2, -0.15) is 4.98 Å². The van der Waals surface area contributed by atoms with Crippen LogP contribution in [0.15, 0.2) is 83.2 Å². The number of carbonyl (C=O) groups is 1. The normalized spacial score (nSPS) is 14.8. The van der Waals surface area contributed by atoms with Crippen molar-refractivity contribution >= 4 is 29.3 Å². The number of carbonyl (C=O) groups excluding carboxylic acids is 1. The van der Waals surface area contributed by atoms with Crippen molar-refractivity contribution in [2.24, 2.45) is 0 Å². The summed E-state index contributed by atoms with van der Waals surface area (Å²) in [5.74, 6) is 0.430. The first-order valence-corrected chi connectivity index (χ1v) is 12.8. The molecular formula is C28H26FN5O2S. The number of aromatic hydroxyl groups is 1. The molecule has 0 spiro atoms. The Kier molecular flexibility index (Phi) is 6.71. The first-order valence-electron chi connectivity index (χ1n) is 11.8. The average molecular weight is 516 g/mol. The van der Waals surface area contributed by atoms with Gasteiger partial charge in [0.15, 0.2) is 0 Å². The van der Waals surface area contributed by atoms with Gasteiger partial charge in [-0.1, -0.05) is 59.8 Å². The number of aromatic nitrogens is 3. The Hall–Kier alpha value is -4.11. The molecule has 0 saturated heterocycles. The molecule has 1 aliphatic heterocycles. The minimum atomic E-state index is -0.585. The van der Waals surface area contributed by atoms with Crippen LogP contribution in [0, 0.1) is 19.7 Å². The number of hydrogen-bond acceptors (Lipinski definition) is 6. The Bertz CT molecular complexity index is 1510. The monoisotopic (exact) mass is 515 g/mol. The molecule has 1 unspecified atom stereocenters. The summed E-state index contributed by atoms with van der Waals surface area (Å²) in [7, 11) is 0. The molecule has 0 fully saturated rings. The summed E-state index contributed by atoms with van der Waals surface area (Å²) in [6.45, 7) is 5.79. The van der Waals surface area contributed by atoms with Crippen molar-refractivity contribution in [1.29, 1.82) is 0 Å². The fourth-order valence-electron chi connectivity index (χ4n) is 4.35. The van der Waals surface area contributed by atoms with Crippen molar-refractivity contribution in [2.45, 2.75) is 37.7 Å². The lowest BCUT2D eigenvalue weighted by molar-refractivity contribution is -0.113. The second kappa shape index (κ2) is 10.1. The van der Waals surface area contributed by atoms with Gasteiger partial charge in [0.1, 0.15) is 17.6 Å². The van der Waals surface area contributed by atoms with Gasteiger partial charge in [0.05, 0.1) is 5.57 Å². The van der Waals surface area contributed by atoms with E-state index in [1.807, 2.05) is 39.0 Å². The maximum absolute atomic E-state index is 14.1. The van der Waals surface area contributed by atoms with Crippen LogP contribution in [-0.2, 0) is 10.5 Å². The fourth-order valence-corrected chi connectivity index (χ4v) is 5.17. The molecule has 4 aromatic rings. The Morgan fingerprint density at radius 3 is 2.59 bits per heavy atom. The maximum Gasteiger partial charge on any atom is 0.255 e. The van der Waals surface area contributed by atoms with Crippen molar-refractivity contribution in [1.82, 2.24) is 14.8 Å². The molecule has 1 aliphatic rings. The maximum atomic E-state index is 14.1. The molecule has 7 nitrogen and oxygen atoms in total. The Morgan fingerprint density at radius 2 is 1.86 bits per heavy atom.